The fourth-order valence-electron chi connectivity index (χ4n) is 1.10. The lowest BCUT2D eigenvalue weighted by atomic mass is 10.1. The Balaban J connectivity index is 3.27. The largest absolute Gasteiger partial charge is 0.501 e. The Hall–Kier alpha value is -1.56. The molecule has 0 heterocycles. The summed E-state index contributed by atoms with van der Waals surface area (Å²) in [6.07, 6.45) is 1.07. The van der Waals surface area contributed by atoms with Gasteiger partial charge in [-0.05, 0) is 11.1 Å². The topological polar surface area (TPSA) is 34.1 Å². The molecule has 0 bridgehead atoms. The maximum absolute atomic E-state index is 12.2. The van der Waals surface area contributed by atoms with Gasteiger partial charge < -0.3 is 0 Å². The molecule has 0 atom stereocenters. The summed E-state index contributed by atoms with van der Waals surface area (Å²) in [5, 5.41) is 0.176. The van der Waals surface area contributed by atoms with Gasteiger partial charge in [0.1, 0.15) is 0 Å². The summed E-state index contributed by atoms with van der Waals surface area (Å²) in [7, 11) is -5.29. The molecule has 92 valence electrons. The zero-order valence-corrected chi connectivity index (χ0v) is 9.42. The monoisotopic (exact) mass is 262 g/mol. The molecule has 0 aromatic heterocycles. The van der Waals surface area contributed by atoms with Gasteiger partial charge in [-0.2, -0.15) is 13.2 Å². The predicted octanol–water partition coefficient (Wildman–Crippen LogP) is 3.15. The van der Waals surface area contributed by atoms with Crippen molar-refractivity contribution >= 4 is 15.4 Å². The van der Waals surface area contributed by atoms with Crippen LogP contribution in [0.4, 0.5) is 13.2 Å². The third kappa shape index (κ3) is 3.20. The number of rotatable bonds is 3. The minimum atomic E-state index is -5.30. The molecule has 6 heteroatoms. The number of sulfone groups is 1. The molecule has 0 aliphatic heterocycles. The highest BCUT2D eigenvalue weighted by Crippen LogP contribution is 2.28. The average Bonchev–Trinajstić information content (AvgIpc) is 2.25. The number of hydrogen-bond acceptors (Lipinski definition) is 2. The Kier molecular flexibility index (Phi) is 3.77. The Morgan fingerprint density at radius 2 is 1.71 bits per heavy atom. The van der Waals surface area contributed by atoms with Gasteiger partial charge >= 0.3 is 5.51 Å². The zero-order valence-electron chi connectivity index (χ0n) is 8.61. The van der Waals surface area contributed by atoms with Crippen molar-refractivity contribution in [2.24, 2.45) is 0 Å². The van der Waals surface area contributed by atoms with Gasteiger partial charge in [-0.3, -0.25) is 0 Å². The fourth-order valence-corrected chi connectivity index (χ4v) is 1.80. The summed E-state index contributed by atoms with van der Waals surface area (Å²) >= 11 is 0. The molecule has 0 radical (unpaired) electrons. The van der Waals surface area contributed by atoms with E-state index in [4.69, 9.17) is 0 Å². The normalized spacial score (nSPS) is 13.5. The standard InChI is InChI=1S/C11H9F3O2S/c1-2-9(10-6-4-3-5-7-10)8-17(15,16)11(12,13)14/h2-8H,1H2/b9-8+. The van der Waals surface area contributed by atoms with Crippen molar-refractivity contribution in [1.82, 2.24) is 0 Å². The molecule has 0 amide bonds. The lowest BCUT2D eigenvalue weighted by molar-refractivity contribution is -0.0423. The summed E-state index contributed by atoms with van der Waals surface area (Å²) < 4.78 is 58.4. The van der Waals surface area contributed by atoms with Crippen LogP contribution >= 0.6 is 0 Å². The molecule has 2 nitrogen and oxygen atoms in total. The van der Waals surface area contributed by atoms with E-state index in [0.717, 1.165) is 6.08 Å². The first-order valence-electron chi connectivity index (χ1n) is 4.49. The summed E-state index contributed by atoms with van der Waals surface area (Å²) in [6.45, 7) is 3.30. The van der Waals surface area contributed by atoms with Gasteiger partial charge in [0.2, 0.25) is 0 Å². The van der Waals surface area contributed by atoms with Crippen LogP contribution in [0.15, 0.2) is 48.4 Å². The van der Waals surface area contributed by atoms with Crippen molar-refractivity contribution in [2.75, 3.05) is 0 Å². The Morgan fingerprint density at radius 1 is 1.18 bits per heavy atom. The molecule has 0 N–H and O–H groups in total. The molecule has 0 saturated heterocycles. The lowest BCUT2D eigenvalue weighted by Gasteiger charge is -2.06. The van der Waals surface area contributed by atoms with Crippen LogP contribution in [0.25, 0.3) is 5.57 Å². The van der Waals surface area contributed by atoms with Gasteiger partial charge in [-0.15, -0.1) is 0 Å². The zero-order chi connectivity index (χ0) is 13.1. The van der Waals surface area contributed by atoms with E-state index in [-0.39, 0.29) is 11.0 Å². The minimum Gasteiger partial charge on any atom is -0.215 e. The molecular weight excluding hydrogens is 253 g/mol. The van der Waals surface area contributed by atoms with Crippen LogP contribution in [0.1, 0.15) is 5.56 Å². The number of hydrogen-bond donors (Lipinski definition) is 0. The third-order valence-corrected chi connectivity index (χ3v) is 3.14. The van der Waals surface area contributed by atoms with Gasteiger partial charge in [-0.25, -0.2) is 8.42 Å². The maximum atomic E-state index is 12.2. The van der Waals surface area contributed by atoms with E-state index in [2.05, 4.69) is 6.58 Å². The van der Waals surface area contributed by atoms with E-state index >= 15 is 0 Å². The van der Waals surface area contributed by atoms with Gasteiger partial charge in [-0.1, -0.05) is 43.0 Å². The molecule has 0 aliphatic carbocycles. The van der Waals surface area contributed by atoms with Crippen molar-refractivity contribution < 1.29 is 21.6 Å². The second-order valence-electron chi connectivity index (χ2n) is 3.13. The van der Waals surface area contributed by atoms with Gasteiger partial charge in [0.05, 0.1) is 0 Å². The highest BCUT2D eigenvalue weighted by Gasteiger charge is 2.44. The van der Waals surface area contributed by atoms with Crippen molar-refractivity contribution in [1.29, 1.82) is 0 Å². The highest BCUT2D eigenvalue weighted by molar-refractivity contribution is 7.95. The molecule has 0 fully saturated rings. The first-order valence-corrected chi connectivity index (χ1v) is 6.03. The van der Waals surface area contributed by atoms with Crippen LogP contribution in [0.3, 0.4) is 0 Å². The van der Waals surface area contributed by atoms with Crippen LogP contribution in [0, 0.1) is 0 Å². The average molecular weight is 262 g/mol. The highest BCUT2D eigenvalue weighted by atomic mass is 32.2. The van der Waals surface area contributed by atoms with Gasteiger partial charge in [0.15, 0.2) is 0 Å². The fraction of sp³-hybridized carbons (Fsp3) is 0.0909. The first kappa shape index (κ1) is 13.5. The van der Waals surface area contributed by atoms with E-state index in [1.165, 1.54) is 12.1 Å². The molecular formula is C11H9F3O2S. The molecule has 1 aromatic rings. The van der Waals surface area contributed by atoms with Crippen LogP contribution in [-0.2, 0) is 9.84 Å². The quantitative estimate of drug-likeness (QED) is 0.784. The van der Waals surface area contributed by atoms with E-state index in [1.807, 2.05) is 0 Å². The van der Waals surface area contributed by atoms with Crippen molar-refractivity contribution in [3.63, 3.8) is 0 Å². The summed E-state index contributed by atoms with van der Waals surface area (Å²) in [5.74, 6) is 0. The predicted molar refractivity (Wildman–Crippen MR) is 59.6 cm³/mol. The Morgan fingerprint density at radius 3 is 2.12 bits per heavy atom. The van der Waals surface area contributed by atoms with E-state index < -0.39 is 15.3 Å². The lowest BCUT2D eigenvalue weighted by Crippen LogP contribution is -2.20. The number of alkyl halides is 3. The number of allylic oxidation sites excluding steroid dienone is 2. The van der Waals surface area contributed by atoms with Crippen LogP contribution in [-0.4, -0.2) is 13.9 Å². The summed E-state index contributed by atoms with van der Waals surface area (Å²) in [5.41, 5.74) is -5.03. The first-order chi connectivity index (χ1) is 7.78. The molecule has 1 aromatic carbocycles. The maximum Gasteiger partial charge on any atom is 0.501 e. The summed E-state index contributed by atoms with van der Waals surface area (Å²) in [4.78, 5) is 0. The Labute approximate surface area is 97.0 Å². The second kappa shape index (κ2) is 4.75. The smallest absolute Gasteiger partial charge is 0.215 e. The van der Waals surface area contributed by atoms with Crippen LogP contribution < -0.4 is 0 Å². The molecule has 0 saturated carbocycles. The number of halogens is 3. The molecule has 0 aliphatic rings. The van der Waals surface area contributed by atoms with Crippen molar-refractivity contribution in [3.8, 4) is 0 Å². The molecule has 0 spiro atoms. The SMILES string of the molecule is C=C/C(=C\S(=O)(=O)C(F)(F)F)c1ccccc1. The molecule has 0 unspecified atom stereocenters. The Bertz CT molecular complexity index is 528. The van der Waals surface area contributed by atoms with Crippen molar-refractivity contribution in [3.05, 3.63) is 54.0 Å². The van der Waals surface area contributed by atoms with E-state index in [9.17, 15) is 21.6 Å². The van der Waals surface area contributed by atoms with Crippen LogP contribution in [0.5, 0.6) is 0 Å². The second-order valence-corrected chi connectivity index (χ2v) is 4.92. The molecule has 1 rings (SSSR count). The minimum absolute atomic E-state index is 0.0945. The van der Waals surface area contributed by atoms with Gasteiger partial charge in [0, 0.05) is 5.41 Å². The third-order valence-electron chi connectivity index (χ3n) is 1.93. The molecule has 17 heavy (non-hydrogen) atoms. The van der Waals surface area contributed by atoms with Crippen molar-refractivity contribution in [2.45, 2.75) is 5.51 Å². The van der Waals surface area contributed by atoms with Gasteiger partial charge in [0.25, 0.3) is 9.84 Å². The summed E-state index contributed by atoms with van der Waals surface area (Å²) in [6, 6.07) is 7.85. The van der Waals surface area contributed by atoms with E-state index in [0.29, 0.717) is 5.56 Å². The van der Waals surface area contributed by atoms with Crippen LogP contribution in [0.2, 0.25) is 0 Å². The van der Waals surface area contributed by atoms with E-state index in [1.54, 1.807) is 18.2 Å². The number of benzene rings is 1.